The molecule has 1 atom stereocenters. The Balaban J connectivity index is 1.52. The number of rotatable bonds is 9. The van der Waals surface area contributed by atoms with Crippen molar-refractivity contribution in [2.24, 2.45) is 5.92 Å². The first kappa shape index (κ1) is 23.6. The molecule has 3 heterocycles. The van der Waals surface area contributed by atoms with Crippen molar-refractivity contribution in [1.82, 2.24) is 9.80 Å². The minimum Gasteiger partial charge on any atom is -0.454 e. The molecule has 2 amide bonds. The minimum absolute atomic E-state index is 0.00218. The molecule has 1 saturated heterocycles. The van der Waals surface area contributed by atoms with Crippen LogP contribution >= 0.6 is 11.3 Å². The highest BCUT2D eigenvalue weighted by Crippen LogP contribution is 2.33. The van der Waals surface area contributed by atoms with Crippen molar-refractivity contribution in [3.05, 3.63) is 45.6 Å². The first-order valence-corrected chi connectivity index (χ1v) is 12.4. The molecule has 0 N–H and O–H groups in total. The van der Waals surface area contributed by atoms with Gasteiger partial charge in [-0.05, 0) is 54.5 Å². The summed E-state index contributed by atoms with van der Waals surface area (Å²) in [5.41, 5.74) is 2.13. The molecule has 0 bridgehead atoms. The van der Waals surface area contributed by atoms with Gasteiger partial charge in [-0.25, -0.2) is 0 Å². The van der Waals surface area contributed by atoms with Crippen LogP contribution in [0.4, 0.5) is 0 Å². The zero-order chi connectivity index (χ0) is 23.4. The fourth-order valence-electron chi connectivity index (χ4n) is 4.13. The summed E-state index contributed by atoms with van der Waals surface area (Å²) in [4.78, 5) is 31.1. The number of hydrogen-bond acceptors (Lipinski definition) is 6. The number of hydrogen-bond donors (Lipinski definition) is 0. The summed E-state index contributed by atoms with van der Waals surface area (Å²) >= 11 is 1.64. The lowest BCUT2D eigenvalue weighted by Gasteiger charge is -2.30. The maximum atomic E-state index is 13.6. The summed E-state index contributed by atoms with van der Waals surface area (Å²) in [5, 5.41) is 2.04. The summed E-state index contributed by atoms with van der Waals surface area (Å²) < 4.78 is 16.7. The van der Waals surface area contributed by atoms with Crippen molar-refractivity contribution in [2.75, 3.05) is 26.5 Å². The van der Waals surface area contributed by atoms with Crippen LogP contribution in [0.1, 0.15) is 42.7 Å². The first-order valence-electron chi connectivity index (χ1n) is 11.5. The van der Waals surface area contributed by atoms with Gasteiger partial charge in [0, 0.05) is 30.5 Å². The topological polar surface area (TPSA) is 68.3 Å². The molecule has 7 nitrogen and oxygen atoms in total. The molecular weight excluding hydrogens is 440 g/mol. The Labute approximate surface area is 199 Å². The second kappa shape index (κ2) is 10.6. The molecule has 1 aromatic carbocycles. The molecule has 0 spiro atoms. The average molecular weight is 473 g/mol. The third-order valence-electron chi connectivity index (χ3n) is 6.05. The number of amides is 2. The molecule has 1 fully saturated rings. The van der Waals surface area contributed by atoms with E-state index in [1.54, 1.807) is 16.2 Å². The predicted octanol–water partition coefficient (Wildman–Crippen LogP) is 3.98. The van der Waals surface area contributed by atoms with Gasteiger partial charge < -0.3 is 24.0 Å². The van der Waals surface area contributed by atoms with Gasteiger partial charge in [-0.15, -0.1) is 11.3 Å². The van der Waals surface area contributed by atoms with Crippen LogP contribution in [0.5, 0.6) is 11.5 Å². The number of aryl methyl sites for hydroxylation is 1. The van der Waals surface area contributed by atoms with Gasteiger partial charge in [0.2, 0.25) is 18.6 Å². The van der Waals surface area contributed by atoms with Crippen molar-refractivity contribution in [1.29, 1.82) is 0 Å². The normalized spacial score (nSPS) is 16.9. The fraction of sp³-hybridized carbons (Fsp3) is 0.520. The van der Waals surface area contributed by atoms with Gasteiger partial charge in [0.1, 0.15) is 0 Å². The molecule has 33 heavy (non-hydrogen) atoms. The summed E-state index contributed by atoms with van der Waals surface area (Å²) in [7, 11) is 0. The molecule has 4 rings (SSSR count). The van der Waals surface area contributed by atoms with Gasteiger partial charge >= 0.3 is 0 Å². The Kier molecular flexibility index (Phi) is 7.55. The van der Waals surface area contributed by atoms with E-state index in [0.29, 0.717) is 25.4 Å². The van der Waals surface area contributed by atoms with E-state index in [1.807, 2.05) is 42.3 Å². The molecule has 2 aromatic rings. The molecule has 0 unspecified atom stereocenters. The molecule has 0 radical (unpaired) electrons. The maximum absolute atomic E-state index is 13.6. The van der Waals surface area contributed by atoms with Gasteiger partial charge in [0.25, 0.3) is 0 Å². The molecule has 178 valence electrons. The van der Waals surface area contributed by atoms with Crippen LogP contribution in [-0.4, -0.2) is 54.2 Å². The van der Waals surface area contributed by atoms with Crippen molar-refractivity contribution >= 4 is 23.2 Å². The van der Waals surface area contributed by atoms with Crippen molar-refractivity contribution in [3.63, 3.8) is 0 Å². The van der Waals surface area contributed by atoms with Gasteiger partial charge in [-0.1, -0.05) is 19.9 Å². The van der Waals surface area contributed by atoms with Crippen molar-refractivity contribution in [3.8, 4) is 11.5 Å². The quantitative estimate of drug-likeness (QED) is 0.552. The van der Waals surface area contributed by atoms with Gasteiger partial charge in [0.05, 0.1) is 19.2 Å². The van der Waals surface area contributed by atoms with E-state index < -0.39 is 0 Å². The SMILES string of the molecule is Cc1ccsc1CN(Cc1ccc2c(c1)OCO2)C(=O)CN(C[C@H]1CCCO1)C(=O)C(C)C. The predicted molar refractivity (Wildman–Crippen MR) is 126 cm³/mol. The standard InChI is InChI=1S/C25H32N2O5S/c1-17(2)25(29)27(13-20-5-4-9-30-20)15-24(28)26(14-23-18(3)8-10-33-23)12-19-6-7-21-22(11-19)32-16-31-21/h6-8,10-11,17,20H,4-5,9,12-16H2,1-3H3/t20-/m1/s1. The highest BCUT2D eigenvalue weighted by Gasteiger charge is 2.28. The summed E-state index contributed by atoms with van der Waals surface area (Å²) in [6.07, 6.45) is 1.92. The van der Waals surface area contributed by atoms with Crippen LogP contribution in [0.15, 0.2) is 29.6 Å². The zero-order valence-electron chi connectivity index (χ0n) is 19.5. The number of carbonyl (C=O) groups excluding carboxylic acids is 2. The number of thiophene rings is 1. The van der Waals surface area contributed by atoms with E-state index in [4.69, 9.17) is 14.2 Å². The largest absolute Gasteiger partial charge is 0.454 e. The van der Waals surface area contributed by atoms with Crippen LogP contribution in [0.2, 0.25) is 0 Å². The molecule has 2 aliphatic heterocycles. The molecular formula is C25H32N2O5S. The Morgan fingerprint density at radius 3 is 2.64 bits per heavy atom. The monoisotopic (exact) mass is 472 g/mol. The van der Waals surface area contributed by atoms with Crippen LogP contribution in [0.3, 0.4) is 0 Å². The van der Waals surface area contributed by atoms with E-state index in [9.17, 15) is 9.59 Å². The van der Waals surface area contributed by atoms with Crippen molar-refractivity contribution < 1.29 is 23.8 Å². The van der Waals surface area contributed by atoms with Crippen LogP contribution in [0.25, 0.3) is 0 Å². The minimum atomic E-state index is -0.180. The van der Waals surface area contributed by atoms with E-state index >= 15 is 0 Å². The number of ether oxygens (including phenoxy) is 3. The summed E-state index contributed by atoms with van der Waals surface area (Å²) in [5.74, 6) is 1.14. The lowest BCUT2D eigenvalue weighted by molar-refractivity contribution is -0.144. The number of benzene rings is 1. The van der Waals surface area contributed by atoms with Gasteiger partial charge in [-0.2, -0.15) is 0 Å². The van der Waals surface area contributed by atoms with Crippen LogP contribution in [0, 0.1) is 12.8 Å². The maximum Gasteiger partial charge on any atom is 0.242 e. The molecule has 1 aromatic heterocycles. The zero-order valence-corrected chi connectivity index (χ0v) is 20.4. The second-order valence-electron chi connectivity index (χ2n) is 8.97. The van der Waals surface area contributed by atoms with Gasteiger partial charge in [0.15, 0.2) is 11.5 Å². The second-order valence-corrected chi connectivity index (χ2v) is 9.97. The van der Waals surface area contributed by atoms with E-state index in [2.05, 4.69) is 13.0 Å². The van der Waals surface area contributed by atoms with E-state index in [0.717, 1.165) is 41.2 Å². The highest BCUT2D eigenvalue weighted by atomic mass is 32.1. The Morgan fingerprint density at radius 1 is 1.12 bits per heavy atom. The Bertz CT molecular complexity index is 983. The summed E-state index contributed by atoms with van der Waals surface area (Å²) in [6.45, 7) is 8.16. The Morgan fingerprint density at radius 2 is 1.94 bits per heavy atom. The smallest absolute Gasteiger partial charge is 0.242 e. The highest BCUT2D eigenvalue weighted by molar-refractivity contribution is 7.10. The van der Waals surface area contributed by atoms with Crippen molar-refractivity contribution in [2.45, 2.75) is 52.8 Å². The summed E-state index contributed by atoms with van der Waals surface area (Å²) in [6, 6.07) is 7.82. The van der Waals surface area contributed by atoms with Gasteiger partial charge in [-0.3, -0.25) is 9.59 Å². The number of fused-ring (bicyclic) bond motifs is 1. The fourth-order valence-corrected chi connectivity index (χ4v) is 5.05. The molecule has 0 saturated carbocycles. The lowest BCUT2D eigenvalue weighted by Crippen LogP contribution is -2.46. The first-order chi connectivity index (χ1) is 15.9. The third-order valence-corrected chi connectivity index (χ3v) is 7.05. The molecule has 0 aliphatic carbocycles. The molecule has 2 aliphatic rings. The van der Waals surface area contributed by atoms with E-state index in [1.165, 1.54) is 0 Å². The van der Waals surface area contributed by atoms with E-state index in [-0.39, 0.29) is 37.2 Å². The average Bonchev–Trinajstić information content (AvgIpc) is 3.55. The van der Waals surface area contributed by atoms with Crippen LogP contribution in [-0.2, 0) is 27.4 Å². The lowest BCUT2D eigenvalue weighted by atomic mass is 10.1. The Hall–Kier alpha value is -2.58. The number of nitrogens with zero attached hydrogens (tertiary/aromatic N) is 2. The van der Waals surface area contributed by atoms with Crippen LogP contribution < -0.4 is 9.47 Å². The number of carbonyl (C=O) groups is 2. The third kappa shape index (κ3) is 5.86. The molecule has 8 heteroatoms.